The molecule has 0 aliphatic carbocycles. The number of aromatic hydroxyl groups is 1. The highest BCUT2D eigenvalue weighted by molar-refractivity contribution is 5.80. The van der Waals surface area contributed by atoms with Crippen molar-refractivity contribution in [2.45, 2.75) is 18.9 Å². The molecular formula is C9H10N2O3. The fourth-order valence-corrected chi connectivity index (χ4v) is 1.58. The molecule has 0 saturated carbocycles. The predicted molar refractivity (Wildman–Crippen MR) is 49.3 cm³/mol. The lowest BCUT2D eigenvalue weighted by atomic mass is 9.99. The van der Waals surface area contributed by atoms with E-state index < -0.39 is 12.0 Å². The van der Waals surface area contributed by atoms with Crippen molar-refractivity contribution in [2.75, 3.05) is 5.32 Å². The van der Waals surface area contributed by atoms with E-state index in [0.29, 0.717) is 18.5 Å². The largest absolute Gasteiger partial charge is 0.504 e. The molecule has 0 fully saturated rings. The number of pyridine rings is 1. The van der Waals surface area contributed by atoms with Crippen LogP contribution in [-0.4, -0.2) is 27.2 Å². The lowest BCUT2D eigenvalue weighted by molar-refractivity contribution is -0.138. The summed E-state index contributed by atoms with van der Waals surface area (Å²) in [5.74, 6) is -0.889. The van der Waals surface area contributed by atoms with Crippen LogP contribution in [-0.2, 0) is 11.2 Å². The molecule has 1 aliphatic heterocycles. The average Bonchev–Trinajstić information content (AvgIpc) is 2.18. The van der Waals surface area contributed by atoms with Crippen LogP contribution < -0.4 is 5.32 Å². The maximum atomic E-state index is 10.7. The zero-order valence-electron chi connectivity index (χ0n) is 7.40. The first-order valence-electron chi connectivity index (χ1n) is 4.33. The summed E-state index contributed by atoms with van der Waals surface area (Å²) in [4.78, 5) is 14.5. The minimum atomic E-state index is -0.896. The molecule has 2 heterocycles. The van der Waals surface area contributed by atoms with Gasteiger partial charge in [0.15, 0.2) is 5.75 Å². The van der Waals surface area contributed by atoms with E-state index in [1.165, 1.54) is 6.20 Å². The molecule has 0 bridgehead atoms. The van der Waals surface area contributed by atoms with Gasteiger partial charge in [-0.25, -0.2) is 4.79 Å². The highest BCUT2D eigenvalue weighted by atomic mass is 16.4. The minimum Gasteiger partial charge on any atom is -0.504 e. The molecule has 0 saturated heterocycles. The van der Waals surface area contributed by atoms with Gasteiger partial charge in [0.2, 0.25) is 0 Å². The summed E-state index contributed by atoms with van der Waals surface area (Å²) in [5.41, 5.74) is 1.36. The van der Waals surface area contributed by atoms with Crippen LogP contribution in [0, 0.1) is 0 Å². The summed E-state index contributed by atoms with van der Waals surface area (Å²) in [6.07, 6.45) is 4.09. The van der Waals surface area contributed by atoms with Gasteiger partial charge in [-0.05, 0) is 18.4 Å². The Hall–Kier alpha value is -1.78. The van der Waals surface area contributed by atoms with Crippen LogP contribution in [0.2, 0.25) is 0 Å². The number of carboxylic acids is 1. The van der Waals surface area contributed by atoms with Crippen LogP contribution >= 0.6 is 0 Å². The Morgan fingerprint density at radius 1 is 1.57 bits per heavy atom. The van der Waals surface area contributed by atoms with Crippen molar-refractivity contribution in [1.29, 1.82) is 0 Å². The molecule has 3 N–H and O–H groups in total. The summed E-state index contributed by atoms with van der Waals surface area (Å²) in [7, 11) is 0. The number of aromatic nitrogens is 1. The molecule has 14 heavy (non-hydrogen) atoms. The number of aliphatic carboxylic acids is 1. The number of nitrogens with zero attached hydrogens (tertiary/aromatic N) is 1. The second kappa shape index (κ2) is 3.17. The summed E-state index contributed by atoms with van der Waals surface area (Å²) in [6, 6.07) is -0.615. The van der Waals surface area contributed by atoms with Crippen LogP contribution in [0.4, 0.5) is 5.69 Å². The molecule has 1 unspecified atom stereocenters. The molecule has 1 aromatic rings. The van der Waals surface area contributed by atoms with Crippen molar-refractivity contribution in [3.8, 4) is 5.75 Å². The quantitative estimate of drug-likeness (QED) is 0.609. The third kappa shape index (κ3) is 1.37. The van der Waals surface area contributed by atoms with Crippen molar-refractivity contribution in [1.82, 2.24) is 4.98 Å². The third-order valence-corrected chi connectivity index (χ3v) is 2.32. The lowest BCUT2D eigenvalue weighted by Gasteiger charge is -2.23. The first-order valence-corrected chi connectivity index (χ1v) is 4.33. The SMILES string of the molecule is O=C(O)C1CCc2cncc(O)c2N1. The van der Waals surface area contributed by atoms with E-state index in [2.05, 4.69) is 10.3 Å². The van der Waals surface area contributed by atoms with Crippen molar-refractivity contribution >= 4 is 11.7 Å². The Labute approximate surface area is 80.4 Å². The van der Waals surface area contributed by atoms with E-state index in [0.717, 1.165) is 5.56 Å². The number of nitrogens with one attached hydrogen (secondary N) is 1. The number of anilines is 1. The second-order valence-corrected chi connectivity index (χ2v) is 3.27. The summed E-state index contributed by atoms with van der Waals surface area (Å²) < 4.78 is 0. The predicted octanol–water partition coefficient (Wildman–Crippen LogP) is 0.598. The Bertz CT molecular complexity index is 378. The number of hydrogen-bond donors (Lipinski definition) is 3. The molecule has 74 valence electrons. The number of fused-ring (bicyclic) bond motifs is 1. The van der Waals surface area contributed by atoms with Gasteiger partial charge in [0.05, 0.1) is 11.9 Å². The molecule has 1 aliphatic rings. The van der Waals surface area contributed by atoms with E-state index in [9.17, 15) is 9.90 Å². The summed E-state index contributed by atoms with van der Waals surface area (Å²) >= 11 is 0. The molecule has 2 rings (SSSR count). The number of carboxylic acid groups (broad SMARTS) is 1. The van der Waals surface area contributed by atoms with Gasteiger partial charge < -0.3 is 15.5 Å². The van der Waals surface area contributed by atoms with Crippen molar-refractivity contribution in [2.24, 2.45) is 0 Å². The van der Waals surface area contributed by atoms with Gasteiger partial charge in [0, 0.05) is 6.20 Å². The van der Waals surface area contributed by atoms with E-state index in [4.69, 9.17) is 5.11 Å². The monoisotopic (exact) mass is 194 g/mol. The van der Waals surface area contributed by atoms with Gasteiger partial charge >= 0.3 is 5.97 Å². The fourth-order valence-electron chi connectivity index (χ4n) is 1.58. The first kappa shape index (κ1) is 8.80. The Balaban J connectivity index is 2.33. The molecule has 1 aromatic heterocycles. The van der Waals surface area contributed by atoms with Gasteiger partial charge in [0.25, 0.3) is 0 Å². The third-order valence-electron chi connectivity index (χ3n) is 2.32. The van der Waals surface area contributed by atoms with E-state index >= 15 is 0 Å². The highest BCUT2D eigenvalue weighted by Gasteiger charge is 2.25. The van der Waals surface area contributed by atoms with Crippen LogP contribution in [0.15, 0.2) is 12.4 Å². The van der Waals surface area contributed by atoms with Crippen LogP contribution in [0.25, 0.3) is 0 Å². The van der Waals surface area contributed by atoms with Crippen LogP contribution in [0.3, 0.4) is 0 Å². The first-order chi connectivity index (χ1) is 6.68. The van der Waals surface area contributed by atoms with Crippen molar-refractivity contribution in [3.63, 3.8) is 0 Å². The topological polar surface area (TPSA) is 82.5 Å². The summed E-state index contributed by atoms with van der Waals surface area (Å²) in [6.45, 7) is 0. The summed E-state index contributed by atoms with van der Waals surface area (Å²) in [5, 5.41) is 21.0. The molecule has 0 spiro atoms. The smallest absolute Gasteiger partial charge is 0.326 e. The molecule has 0 radical (unpaired) electrons. The normalized spacial score (nSPS) is 19.6. The molecular weight excluding hydrogens is 184 g/mol. The van der Waals surface area contributed by atoms with Gasteiger partial charge in [0.1, 0.15) is 6.04 Å². The molecule has 1 atom stereocenters. The number of aryl methyl sites for hydroxylation is 1. The maximum Gasteiger partial charge on any atom is 0.326 e. The van der Waals surface area contributed by atoms with Gasteiger partial charge in [-0.3, -0.25) is 4.98 Å². The van der Waals surface area contributed by atoms with Crippen LogP contribution in [0.1, 0.15) is 12.0 Å². The van der Waals surface area contributed by atoms with Crippen molar-refractivity contribution < 1.29 is 15.0 Å². The Morgan fingerprint density at radius 2 is 2.36 bits per heavy atom. The van der Waals surface area contributed by atoms with E-state index in [-0.39, 0.29) is 5.75 Å². The molecule has 5 nitrogen and oxygen atoms in total. The van der Waals surface area contributed by atoms with Crippen molar-refractivity contribution in [3.05, 3.63) is 18.0 Å². The second-order valence-electron chi connectivity index (χ2n) is 3.27. The Morgan fingerprint density at radius 3 is 3.07 bits per heavy atom. The van der Waals surface area contributed by atoms with E-state index in [1.807, 2.05) is 0 Å². The zero-order valence-corrected chi connectivity index (χ0v) is 7.40. The maximum absolute atomic E-state index is 10.7. The lowest BCUT2D eigenvalue weighted by Crippen LogP contribution is -2.33. The fraction of sp³-hybridized carbons (Fsp3) is 0.333. The average molecular weight is 194 g/mol. The minimum absolute atomic E-state index is 0.00782. The number of rotatable bonds is 1. The standard InChI is InChI=1S/C9H10N2O3/c12-7-4-10-3-5-1-2-6(9(13)14)11-8(5)7/h3-4,6,11-12H,1-2H2,(H,13,14). The molecule has 5 heteroatoms. The highest BCUT2D eigenvalue weighted by Crippen LogP contribution is 2.31. The molecule has 0 amide bonds. The van der Waals surface area contributed by atoms with Gasteiger partial charge in [-0.15, -0.1) is 0 Å². The van der Waals surface area contributed by atoms with Gasteiger partial charge in [-0.1, -0.05) is 0 Å². The number of carbonyl (C=O) groups is 1. The Kier molecular flexibility index (Phi) is 1.99. The number of hydrogen-bond acceptors (Lipinski definition) is 4. The molecule has 0 aromatic carbocycles. The van der Waals surface area contributed by atoms with E-state index in [1.54, 1.807) is 6.20 Å². The van der Waals surface area contributed by atoms with Crippen LogP contribution in [0.5, 0.6) is 5.75 Å². The zero-order chi connectivity index (χ0) is 10.1. The van der Waals surface area contributed by atoms with Gasteiger partial charge in [-0.2, -0.15) is 0 Å².